The first-order valence-corrected chi connectivity index (χ1v) is 7.21. The van der Waals surface area contributed by atoms with E-state index in [9.17, 15) is 0 Å². The Balaban J connectivity index is 1.55. The van der Waals surface area contributed by atoms with Gasteiger partial charge in [0.2, 0.25) is 0 Å². The molecule has 3 fully saturated rings. The van der Waals surface area contributed by atoms with Gasteiger partial charge in [0.15, 0.2) is 0 Å². The van der Waals surface area contributed by atoms with E-state index in [1.807, 2.05) is 0 Å². The van der Waals surface area contributed by atoms with Crippen LogP contribution in [0.25, 0.3) is 0 Å². The molecule has 3 unspecified atom stereocenters. The van der Waals surface area contributed by atoms with E-state index in [4.69, 9.17) is 5.73 Å². The molecule has 2 nitrogen and oxygen atoms in total. The standard InChI is InChI=1S/C14H26N2/c1-16-12-5-6-13(16)9-11(8-12)14(15)7-10-3-2-4-10/h10-14H,2-9,15H2,1H3. The van der Waals surface area contributed by atoms with Crippen molar-refractivity contribution in [2.45, 2.75) is 69.5 Å². The summed E-state index contributed by atoms with van der Waals surface area (Å²) in [5, 5.41) is 0. The maximum absolute atomic E-state index is 6.44. The first kappa shape index (κ1) is 11.0. The lowest BCUT2D eigenvalue weighted by molar-refractivity contribution is 0.109. The van der Waals surface area contributed by atoms with Crippen molar-refractivity contribution in [3.8, 4) is 0 Å². The van der Waals surface area contributed by atoms with Gasteiger partial charge >= 0.3 is 0 Å². The van der Waals surface area contributed by atoms with Gasteiger partial charge in [0, 0.05) is 18.1 Å². The lowest BCUT2D eigenvalue weighted by atomic mass is 9.75. The highest BCUT2D eigenvalue weighted by atomic mass is 15.2. The van der Waals surface area contributed by atoms with Crippen molar-refractivity contribution in [2.75, 3.05) is 7.05 Å². The Morgan fingerprint density at radius 1 is 1.12 bits per heavy atom. The van der Waals surface area contributed by atoms with Crippen LogP contribution in [0.4, 0.5) is 0 Å². The number of nitrogens with two attached hydrogens (primary N) is 1. The number of nitrogens with zero attached hydrogens (tertiary/aromatic N) is 1. The van der Waals surface area contributed by atoms with Crippen LogP contribution in [0.5, 0.6) is 0 Å². The number of fused-ring (bicyclic) bond motifs is 2. The van der Waals surface area contributed by atoms with Crippen LogP contribution >= 0.6 is 0 Å². The van der Waals surface area contributed by atoms with Gasteiger partial charge in [0.25, 0.3) is 0 Å². The highest BCUT2D eigenvalue weighted by Gasteiger charge is 2.40. The molecule has 2 aliphatic heterocycles. The Morgan fingerprint density at radius 3 is 2.25 bits per heavy atom. The predicted octanol–water partition coefficient (Wildman–Crippen LogP) is 2.38. The molecule has 2 saturated heterocycles. The third kappa shape index (κ3) is 1.91. The van der Waals surface area contributed by atoms with Crippen molar-refractivity contribution in [3.05, 3.63) is 0 Å². The molecule has 16 heavy (non-hydrogen) atoms. The average Bonchev–Trinajstić information content (AvgIpc) is 2.48. The van der Waals surface area contributed by atoms with Gasteiger partial charge in [0.1, 0.15) is 0 Å². The number of hydrogen-bond acceptors (Lipinski definition) is 2. The fraction of sp³-hybridized carbons (Fsp3) is 1.00. The van der Waals surface area contributed by atoms with E-state index in [2.05, 4.69) is 11.9 Å². The molecule has 2 heterocycles. The van der Waals surface area contributed by atoms with Crippen molar-refractivity contribution >= 4 is 0 Å². The van der Waals surface area contributed by atoms with E-state index in [0.717, 1.165) is 23.9 Å². The molecule has 0 amide bonds. The molecular formula is C14H26N2. The topological polar surface area (TPSA) is 29.3 Å². The van der Waals surface area contributed by atoms with Crippen molar-refractivity contribution < 1.29 is 0 Å². The number of rotatable bonds is 3. The Kier molecular flexibility index (Phi) is 2.97. The molecule has 0 aromatic heterocycles. The van der Waals surface area contributed by atoms with Crippen LogP contribution in [-0.2, 0) is 0 Å². The Bertz CT molecular complexity index is 235. The first-order chi connectivity index (χ1) is 7.74. The fourth-order valence-corrected chi connectivity index (χ4v) is 4.11. The van der Waals surface area contributed by atoms with E-state index < -0.39 is 0 Å². The summed E-state index contributed by atoms with van der Waals surface area (Å²) >= 11 is 0. The zero-order valence-corrected chi connectivity index (χ0v) is 10.6. The summed E-state index contributed by atoms with van der Waals surface area (Å²) in [5.74, 6) is 1.81. The highest BCUT2D eigenvalue weighted by Crippen LogP contribution is 2.40. The summed E-state index contributed by atoms with van der Waals surface area (Å²) in [6.45, 7) is 0. The van der Waals surface area contributed by atoms with Crippen LogP contribution in [0.1, 0.15) is 51.4 Å². The van der Waals surface area contributed by atoms with Crippen molar-refractivity contribution in [2.24, 2.45) is 17.6 Å². The van der Waals surface area contributed by atoms with Gasteiger partial charge in [-0.25, -0.2) is 0 Å². The Morgan fingerprint density at radius 2 is 1.75 bits per heavy atom. The summed E-state index contributed by atoms with van der Waals surface area (Å²) < 4.78 is 0. The smallest absolute Gasteiger partial charge is 0.00989 e. The lowest BCUT2D eigenvalue weighted by Crippen LogP contribution is -2.46. The lowest BCUT2D eigenvalue weighted by Gasteiger charge is -2.40. The van der Waals surface area contributed by atoms with Gasteiger partial charge in [-0.2, -0.15) is 0 Å². The van der Waals surface area contributed by atoms with Gasteiger partial charge in [-0.3, -0.25) is 0 Å². The SMILES string of the molecule is CN1C2CCC1CC(C(N)CC1CCC1)C2. The first-order valence-electron chi connectivity index (χ1n) is 7.21. The Labute approximate surface area is 99.6 Å². The quantitative estimate of drug-likeness (QED) is 0.794. The van der Waals surface area contributed by atoms with Gasteiger partial charge < -0.3 is 10.6 Å². The van der Waals surface area contributed by atoms with E-state index in [0.29, 0.717) is 6.04 Å². The summed E-state index contributed by atoms with van der Waals surface area (Å²) in [6, 6.07) is 2.22. The molecule has 3 aliphatic rings. The monoisotopic (exact) mass is 222 g/mol. The summed E-state index contributed by atoms with van der Waals surface area (Å²) in [7, 11) is 2.32. The second kappa shape index (κ2) is 4.30. The molecule has 1 aliphatic carbocycles. The molecule has 3 atom stereocenters. The molecule has 2 N–H and O–H groups in total. The molecule has 0 radical (unpaired) electrons. The Hall–Kier alpha value is -0.0800. The summed E-state index contributed by atoms with van der Waals surface area (Å²) in [4.78, 5) is 2.62. The molecule has 1 saturated carbocycles. The highest BCUT2D eigenvalue weighted by molar-refractivity contribution is 4.96. The molecule has 0 aromatic rings. The maximum atomic E-state index is 6.44. The molecule has 0 aromatic carbocycles. The second-order valence-electron chi connectivity index (χ2n) is 6.48. The number of piperidine rings is 1. The van der Waals surface area contributed by atoms with Crippen molar-refractivity contribution in [1.82, 2.24) is 4.90 Å². The van der Waals surface area contributed by atoms with Gasteiger partial charge in [0.05, 0.1) is 0 Å². The second-order valence-corrected chi connectivity index (χ2v) is 6.48. The normalized spacial score (nSPS) is 42.0. The predicted molar refractivity (Wildman–Crippen MR) is 67.2 cm³/mol. The van der Waals surface area contributed by atoms with Crippen LogP contribution < -0.4 is 5.73 Å². The summed E-state index contributed by atoms with van der Waals surface area (Å²) in [6.07, 6.45) is 11.3. The molecule has 3 rings (SSSR count). The van der Waals surface area contributed by atoms with Crippen LogP contribution in [-0.4, -0.2) is 30.1 Å². The molecule has 2 heteroatoms. The zero-order valence-electron chi connectivity index (χ0n) is 10.6. The molecular weight excluding hydrogens is 196 g/mol. The minimum absolute atomic E-state index is 0.502. The van der Waals surface area contributed by atoms with Crippen LogP contribution in [0.15, 0.2) is 0 Å². The number of hydrogen-bond donors (Lipinski definition) is 1. The third-order valence-electron chi connectivity index (χ3n) is 5.57. The van der Waals surface area contributed by atoms with E-state index >= 15 is 0 Å². The largest absolute Gasteiger partial charge is 0.327 e. The molecule has 92 valence electrons. The van der Waals surface area contributed by atoms with E-state index in [1.54, 1.807) is 0 Å². The van der Waals surface area contributed by atoms with Crippen LogP contribution in [0.2, 0.25) is 0 Å². The van der Waals surface area contributed by atoms with Gasteiger partial charge in [-0.15, -0.1) is 0 Å². The van der Waals surface area contributed by atoms with Crippen LogP contribution in [0, 0.1) is 11.8 Å². The minimum atomic E-state index is 0.502. The van der Waals surface area contributed by atoms with E-state index in [1.165, 1.54) is 51.4 Å². The van der Waals surface area contributed by atoms with E-state index in [-0.39, 0.29) is 0 Å². The third-order valence-corrected chi connectivity index (χ3v) is 5.57. The zero-order chi connectivity index (χ0) is 11.1. The molecule has 2 bridgehead atoms. The fourth-order valence-electron chi connectivity index (χ4n) is 4.11. The molecule has 0 spiro atoms. The maximum Gasteiger partial charge on any atom is 0.00989 e. The van der Waals surface area contributed by atoms with Gasteiger partial charge in [-0.05, 0) is 51.0 Å². The van der Waals surface area contributed by atoms with Crippen molar-refractivity contribution in [1.29, 1.82) is 0 Å². The average molecular weight is 222 g/mol. The summed E-state index contributed by atoms with van der Waals surface area (Å²) in [5.41, 5.74) is 6.44. The van der Waals surface area contributed by atoms with Gasteiger partial charge in [-0.1, -0.05) is 19.3 Å². The van der Waals surface area contributed by atoms with Crippen LogP contribution in [0.3, 0.4) is 0 Å². The van der Waals surface area contributed by atoms with Crippen molar-refractivity contribution in [3.63, 3.8) is 0 Å². The minimum Gasteiger partial charge on any atom is -0.327 e.